The van der Waals surface area contributed by atoms with E-state index in [1.165, 1.54) is 16.9 Å². The minimum Gasteiger partial charge on any atom is -0.312 e. The van der Waals surface area contributed by atoms with Crippen molar-refractivity contribution in [1.82, 2.24) is 10.6 Å². The van der Waals surface area contributed by atoms with E-state index in [4.69, 9.17) is 0 Å². The molecule has 3 heteroatoms. The van der Waals surface area contributed by atoms with Crippen LogP contribution in [0.15, 0.2) is 11.4 Å². The Kier molecular flexibility index (Phi) is 6.17. The van der Waals surface area contributed by atoms with Crippen molar-refractivity contribution in [3.8, 4) is 0 Å². The second-order valence-electron chi connectivity index (χ2n) is 5.43. The summed E-state index contributed by atoms with van der Waals surface area (Å²) in [5.74, 6) is 0. The normalized spacial score (nSPS) is 12.0. The van der Waals surface area contributed by atoms with Gasteiger partial charge in [-0.1, -0.05) is 6.92 Å². The van der Waals surface area contributed by atoms with E-state index in [1.807, 2.05) is 11.3 Å². The SMILES string of the molecule is CCc1ccsc1CNCCCNC(C)(C)C. The van der Waals surface area contributed by atoms with Gasteiger partial charge in [-0.3, -0.25) is 0 Å². The molecule has 1 rings (SSSR count). The number of hydrogen-bond acceptors (Lipinski definition) is 3. The highest BCUT2D eigenvalue weighted by molar-refractivity contribution is 7.10. The van der Waals surface area contributed by atoms with Crippen LogP contribution in [0.1, 0.15) is 44.6 Å². The van der Waals surface area contributed by atoms with E-state index in [0.717, 1.165) is 26.1 Å². The maximum atomic E-state index is 3.52. The van der Waals surface area contributed by atoms with Crippen LogP contribution in [0.25, 0.3) is 0 Å². The molecule has 0 saturated carbocycles. The summed E-state index contributed by atoms with van der Waals surface area (Å²) in [5.41, 5.74) is 1.73. The first-order valence-corrected chi connectivity index (χ1v) is 7.42. The van der Waals surface area contributed by atoms with Crippen LogP contribution in [-0.4, -0.2) is 18.6 Å². The first-order valence-electron chi connectivity index (χ1n) is 6.54. The van der Waals surface area contributed by atoms with Crippen LogP contribution in [0, 0.1) is 0 Å². The van der Waals surface area contributed by atoms with Crippen molar-refractivity contribution in [2.45, 2.75) is 52.6 Å². The molecule has 0 amide bonds. The monoisotopic (exact) mass is 254 g/mol. The second kappa shape index (κ2) is 7.14. The van der Waals surface area contributed by atoms with E-state index >= 15 is 0 Å². The van der Waals surface area contributed by atoms with Crippen molar-refractivity contribution in [2.75, 3.05) is 13.1 Å². The molecule has 0 saturated heterocycles. The molecule has 98 valence electrons. The molecule has 17 heavy (non-hydrogen) atoms. The third-order valence-electron chi connectivity index (χ3n) is 2.69. The van der Waals surface area contributed by atoms with E-state index in [2.05, 4.69) is 49.8 Å². The van der Waals surface area contributed by atoms with Crippen LogP contribution in [-0.2, 0) is 13.0 Å². The molecule has 1 aromatic heterocycles. The Balaban J connectivity index is 2.09. The molecular weight excluding hydrogens is 228 g/mol. The molecule has 0 fully saturated rings. The minimum atomic E-state index is 0.239. The van der Waals surface area contributed by atoms with E-state index in [-0.39, 0.29) is 5.54 Å². The van der Waals surface area contributed by atoms with Gasteiger partial charge < -0.3 is 10.6 Å². The average Bonchev–Trinajstić information content (AvgIpc) is 2.69. The first kappa shape index (κ1) is 14.7. The molecule has 1 heterocycles. The summed E-state index contributed by atoms with van der Waals surface area (Å²) in [7, 11) is 0. The van der Waals surface area contributed by atoms with Gasteiger partial charge in [-0.05, 0) is 63.7 Å². The van der Waals surface area contributed by atoms with Crippen LogP contribution in [0.5, 0.6) is 0 Å². The number of aryl methyl sites for hydroxylation is 1. The zero-order chi connectivity index (χ0) is 12.7. The average molecular weight is 254 g/mol. The third kappa shape index (κ3) is 6.20. The van der Waals surface area contributed by atoms with Crippen LogP contribution in [0.4, 0.5) is 0 Å². The molecule has 0 spiro atoms. The minimum absolute atomic E-state index is 0.239. The maximum absolute atomic E-state index is 3.52. The van der Waals surface area contributed by atoms with E-state index < -0.39 is 0 Å². The van der Waals surface area contributed by atoms with E-state index in [1.54, 1.807) is 0 Å². The smallest absolute Gasteiger partial charge is 0.0302 e. The molecule has 0 aliphatic carbocycles. The predicted octanol–water partition coefficient (Wildman–Crippen LogP) is 3.18. The Hall–Kier alpha value is -0.380. The van der Waals surface area contributed by atoms with Crippen molar-refractivity contribution in [3.63, 3.8) is 0 Å². The van der Waals surface area contributed by atoms with E-state index in [9.17, 15) is 0 Å². The topological polar surface area (TPSA) is 24.1 Å². The number of thiophene rings is 1. The zero-order valence-corrected chi connectivity index (χ0v) is 12.4. The molecule has 0 unspecified atom stereocenters. The van der Waals surface area contributed by atoms with Gasteiger partial charge in [0.25, 0.3) is 0 Å². The zero-order valence-electron chi connectivity index (χ0n) is 11.6. The highest BCUT2D eigenvalue weighted by Crippen LogP contribution is 2.16. The van der Waals surface area contributed by atoms with Crippen molar-refractivity contribution >= 4 is 11.3 Å². The lowest BCUT2D eigenvalue weighted by Gasteiger charge is -2.20. The lowest BCUT2D eigenvalue weighted by atomic mass is 10.1. The van der Waals surface area contributed by atoms with E-state index in [0.29, 0.717) is 0 Å². The molecule has 0 aliphatic heterocycles. The Bertz CT molecular complexity index is 312. The number of rotatable bonds is 7. The van der Waals surface area contributed by atoms with Gasteiger partial charge in [-0.15, -0.1) is 11.3 Å². The van der Waals surface area contributed by atoms with Crippen LogP contribution >= 0.6 is 11.3 Å². The van der Waals surface area contributed by atoms with Crippen LogP contribution in [0.2, 0.25) is 0 Å². The van der Waals surface area contributed by atoms with Gasteiger partial charge in [-0.2, -0.15) is 0 Å². The van der Waals surface area contributed by atoms with Crippen molar-refractivity contribution < 1.29 is 0 Å². The molecule has 1 aromatic rings. The van der Waals surface area contributed by atoms with Gasteiger partial charge in [-0.25, -0.2) is 0 Å². The third-order valence-corrected chi connectivity index (χ3v) is 3.65. The summed E-state index contributed by atoms with van der Waals surface area (Å²) in [5, 5.41) is 9.21. The number of nitrogens with one attached hydrogen (secondary N) is 2. The number of hydrogen-bond donors (Lipinski definition) is 2. The van der Waals surface area contributed by atoms with Crippen molar-refractivity contribution in [2.24, 2.45) is 0 Å². The van der Waals surface area contributed by atoms with Gasteiger partial charge in [0.2, 0.25) is 0 Å². The summed E-state index contributed by atoms with van der Waals surface area (Å²) in [6, 6.07) is 2.24. The standard InChI is InChI=1S/C14H26N2S/c1-5-12-7-10-17-13(12)11-15-8-6-9-16-14(2,3)4/h7,10,15-16H,5-6,8-9,11H2,1-4H3. The maximum Gasteiger partial charge on any atom is 0.0302 e. The fourth-order valence-corrected chi connectivity index (χ4v) is 2.66. The Morgan fingerprint density at radius 1 is 1.24 bits per heavy atom. The predicted molar refractivity (Wildman–Crippen MR) is 77.8 cm³/mol. The van der Waals surface area contributed by atoms with Crippen LogP contribution < -0.4 is 10.6 Å². The summed E-state index contributed by atoms with van der Waals surface area (Å²) in [6.07, 6.45) is 2.33. The molecule has 0 aliphatic rings. The van der Waals surface area contributed by atoms with Crippen LogP contribution in [0.3, 0.4) is 0 Å². The molecule has 0 aromatic carbocycles. The molecule has 2 nitrogen and oxygen atoms in total. The fourth-order valence-electron chi connectivity index (χ4n) is 1.72. The lowest BCUT2D eigenvalue weighted by molar-refractivity contribution is 0.418. The Labute approximate surface area is 110 Å². The Morgan fingerprint density at radius 2 is 2.00 bits per heavy atom. The molecule has 0 radical (unpaired) electrons. The lowest BCUT2D eigenvalue weighted by Crippen LogP contribution is -2.37. The summed E-state index contributed by atoms with van der Waals surface area (Å²) in [4.78, 5) is 1.50. The van der Waals surface area contributed by atoms with Gasteiger partial charge in [0.1, 0.15) is 0 Å². The highest BCUT2D eigenvalue weighted by atomic mass is 32.1. The largest absolute Gasteiger partial charge is 0.312 e. The van der Waals surface area contributed by atoms with Gasteiger partial charge in [0.15, 0.2) is 0 Å². The molecular formula is C14H26N2S. The fraction of sp³-hybridized carbons (Fsp3) is 0.714. The second-order valence-corrected chi connectivity index (χ2v) is 6.43. The van der Waals surface area contributed by atoms with Gasteiger partial charge >= 0.3 is 0 Å². The molecule has 2 N–H and O–H groups in total. The van der Waals surface area contributed by atoms with Crippen molar-refractivity contribution in [1.29, 1.82) is 0 Å². The van der Waals surface area contributed by atoms with Gasteiger partial charge in [0.05, 0.1) is 0 Å². The highest BCUT2D eigenvalue weighted by Gasteiger charge is 2.07. The van der Waals surface area contributed by atoms with Gasteiger partial charge in [0, 0.05) is 17.0 Å². The Morgan fingerprint density at radius 3 is 2.65 bits per heavy atom. The molecule has 0 bridgehead atoms. The summed E-state index contributed by atoms with van der Waals surface area (Å²) in [6.45, 7) is 12.0. The summed E-state index contributed by atoms with van der Waals surface area (Å²) < 4.78 is 0. The first-order chi connectivity index (χ1) is 8.03. The summed E-state index contributed by atoms with van der Waals surface area (Å²) >= 11 is 1.86. The molecule has 0 atom stereocenters. The quantitative estimate of drug-likeness (QED) is 0.730. The van der Waals surface area contributed by atoms with Crippen molar-refractivity contribution in [3.05, 3.63) is 21.9 Å².